The number of fused-ring (bicyclic) bond motifs is 1. The predicted molar refractivity (Wildman–Crippen MR) is 75.7 cm³/mol. The van der Waals surface area contributed by atoms with Gasteiger partial charge in [0.15, 0.2) is 0 Å². The van der Waals surface area contributed by atoms with Crippen LogP contribution in [0.15, 0.2) is 47.5 Å². The van der Waals surface area contributed by atoms with Gasteiger partial charge in [0.25, 0.3) is 0 Å². The molecule has 1 aromatic carbocycles. The van der Waals surface area contributed by atoms with E-state index in [0.717, 1.165) is 18.0 Å². The Kier molecular flexibility index (Phi) is 3.35. The number of rotatable bonds is 3. The lowest BCUT2D eigenvalue weighted by atomic mass is 10.1. The molecule has 1 aliphatic rings. The van der Waals surface area contributed by atoms with Crippen LogP contribution in [0.4, 0.5) is 0 Å². The van der Waals surface area contributed by atoms with E-state index in [9.17, 15) is 0 Å². The predicted octanol–water partition coefficient (Wildman–Crippen LogP) is 3.33. The molecular formula is C15H16N2S. The molecule has 92 valence electrons. The number of aryl methyl sites for hydroxylation is 1. The normalized spacial score (nSPS) is 17.7. The molecule has 1 N–H and O–H groups in total. The van der Waals surface area contributed by atoms with E-state index < -0.39 is 0 Å². The van der Waals surface area contributed by atoms with Crippen molar-refractivity contribution >= 4 is 11.8 Å². The average Bonchev–Trinajstić information content (AvgIpc) is 2.81. The molecule has 1 aliphatic heterocycles. The summed E-state index contributed by atoms with van der Waals surface area (Å²) in [7, 11) is 0. The Balaban J connectivity index is 1.71. The highest BCUT2D eigenvalue weighted by atomic mass is 32.2. The molecule has 0 radical (unpaired) electrons. The number of hydrogen-bond acceptors (Lipinski definition) is 3. The summed E-state index contributed by atoms with van der Waals surface area (Å²) in [6.07, 6.45) is 1.86. The van der Waals surface area contributed by atoms with Gasteiger partial charge in [-0.15, -0.1) is 11.8 Å². The topological polar surface area (TPSA) is 24.9 Å². The fraction of sp³-hybridized carbons (Fsp3) is 0.267. The summed E-state index contributed by atoms with van der Waals surface area (Å²) in [5.74, 6) is 1.12. The van der Waals surface area contributed by atoms with Gasteiger partial charge in [0, 0.05) is 29.4 Å². The SMILES string of the molecule is Cc1cccnc1CNC1CSc2ccccc21. The molecule has 1 unspecified atom stereocenters. The van der Waals surface area contributed by atoms with E-state index in [1.807, 2.05) is 24.0 Å². The van der Waals surface area contributed by atoms with Crippen molar-refractivity contribution < 1.29 is 0 Å². The zero-order valence-electron chi connectivity index (χ0n) is 10.4. The smallest absolute Gasteiger partial charge is 0.0570 e. The molecule has 0 bridgehead atoms. The van der Waals surface area contributed by atoms with Gasteiger partial charge in [0.1, 0.15) is 0 Å². The van der Waals surface area contributed by atoms with Crippen molar-refractivity contribution in [2.45, 2.75) is 24.4 Å². The molecule has 1 atom stereocenters. The lowest BCUT2D eigenvalue weighted by Gasteiger charge is -2.13. The van der Waals surface area contributed by atoms with Gasteiger partial charge in [0.2, 0.25) is 0 Å². The number of pyridine rings is 1. The van der Waals surface area contributed by atoms with E-state index in [0.29, 0.717) is 6.04 Å². The highest BCUT2D eigenvalue weighted by molar-refractivity contribution is 7.99. The second-order valence-electron chi connectivity index (χ2n) is 4.55. The average molecular weight is 256 g/mol. The van der Waals surface area contributed by atoms with Gasteiger partial charge in [-0.2, -0.15) is 0 Å². The van der Waals surface area contributed by atoms with Gasteiger partial charge < -0.3 is 5.32 Å². The summed E-state index contributed by atoms with van der Waals surface area (Å²) >= 11 is 1.93. The third kappa shape index (κ3) is 2.28. The van der Waals surface area contributed by atoms with Crippen LogP contribution in [0.3, 0.4) is 0 Å². The van der Waals surface area contributed by atoms with Crippen molar-refractivity contribution in [1.82, 2.24) is 10.3 Å². The van der Waals surface area contributed by atoms with Crippen molar-refractivity contribution in [3.63, 3.8) is 0 Å². The van der Waals surface area contributed by atoms with Crippen molar-refractivity contribution in [2.75, 3.05) is 5.75 Å². The largest absolute Gasteiger partial charge is 0.303 e. The number of benzene rings is 1. The molecule has 2 nitrogen and oxygen atoms in total. The maximum atomic E-state index is 4.43. The molecule has 0 saturated heterocycles. The summed E-state index contributed by atoms with van der Waals surface area (Å²) in [6.45, 7) is 2.95. The van der Waals surface area contributed by atoms with Crippen LogP contribution in [0.25, 0.3) is 0 Å². The van der Waals surface area contributed by atoms with E-state index in [2.05, 4.69) is 47.6 Å². The summed E-state index contributed by atoms with van der Waals surface area (Å²) in [5.41, 5.74) is 3.83. The Morgan fingerprint density at radius 2 is 2.17 bits per heavy atom. The molecule has 3 rings (SSSR count). The van der Waals surface area contributed by atoms with Crippen molar-refractivity contribution in [3.05, 3.63) is 59.4 Å². The first-order chi connectivity index (χ1) is 8.84. The number of nitrogens with one attached hydrogen (secondary N) is 1. The molecular weight excluding hydrogens is 240 g/mol. The Morgan fingerprint density at radius 1 is 1.28 bits per heavy atom. The minimum atomic E-state index is 0.451. The molecule has 18 heavy (non-hydrogen) atoms. The summed E-state index contributed by atoms with van der Waals surface area (Å²) < 4.78 is 0. The second-order valence-corrected chi connectivity index (χ2v) is 5.61. The Hall–Kier alpha value is -1.32. The van der Waals surface area contributed by atoms with Crippen LogP contribution in [-0.2, 0) is 6.54 Å². The van der Waals surface area contributed by atoms with E-state index in [1.165, 1.54) is 16.0 Å². The maximum Gasteiger partial charge on any atom is 0.0570 e. The fourth-order valence-corrected chi connectivity index (χ4v) is 3.45. The Labute approximate surface area is 112 Å². The minimum absolute atomic E-state index is 0.451. The van der Waals surface area contributed by atoms with Gasteiger partial charge in [-0.05, 0) is 30.2 Å². The molecule has 0 spiro atoms. The highest BCUT2D eigenvalue weighted by Crippen LogP contribution is 2.37. The van der Waals surface area contributed by atoms with Gasteiger partial charge in [-0.25, -0.2) is 0 Å². The van der Waals surface area contributed by atoms with Crippen LogP contribution in [0, 0.1) is 6.92 Å². The first-order valence-electron chi connectivity index (χ1n) is 6.20. The molecule has 0 aliphatic carbocycles. The number of nitrogens with zero attached hydrogens (tertiary/aromatic N) is 1. The zero-order valence-corrected chi connectivity index (χ0v) is 11.2. The molecule has 2 aromatic rings. The molecule has 1 aromatic heterocycles. The lowest BCUT2D eigenvalue weighted by Crippen LogP contribution is -2.21. The first-order valence-corrected chi connectivity index (χ1v) is 7.19. The number of aromatic nitrogens is 1. The third-order valence-corrected chi connectivity index (χ3v) is 4.52. The van der Waals surface area contributed by atoms with E-state index in [1.54, 1.807) is 0 Å². The van der Waals surface area contributed by atoms with Crippen LogP contribution in [-0.4, -0.2) is 10.7 Å². The van der Waals surface area contributed by atoms with Crippen molar-refractivity contribution in [2.24, 2.45) is 0 Å². The van der Waals surface area contributed by atoms with Gasteiger partial charge in [-0.3, -0.25) is 4.98 Å². The first kappa shape index (κ1) is 11.8. The molecule has 2 heterocycles. The van der Waals surface area contributed by atoms with Crippen LogP contribution >= 0.6 is 11.8 Å². The van der Waals surface area contributed by atoms with Gasteiger partial charge >= 0.3 is 0 Å². The van der Waals surface area contributed by atoms with Crippen LogP contribution < -0.4 is 5.32 Å². The van der Waals surface area contributed by atoms with E-state index >= 15 is 0 Å². The molecule has 3 heteroatoms. The lowest BCUT2D eigenvalue weighted by molar-refractivity contribution is 0.575. The summed E-state index contributed by atoms with van der Waals surface area (Å²) in [4.78, 5) is 5.84. The highest BCUT2D eigenvalue weighted by Gasteiger charge is 2.21. The Morgan fingerprint density at radius 3 is 3.06 bits per heavy atom. The second kappa shape index (κ2) is 5.12. The van der Waals surface area contributed by atoms with Crippen LogP contribution in [0.2, 0.25) is 0 Å². The number of hydrogen-bond donors (Lipinski definition) is 1. The van der Waals surface area contributed by atoms with Crippen molar-refractivity contribution in [1.29, 1.82) is 0 Å². The molecule has 0 fully saturated rings. The number of thioether (sulfide) groups is 1. The Bertz CT molecular complexity index is 554. The summed E-state index contributed by atoms with van der Waals surface area (Å²) in [6, 6.07) is 13.2. The molecule has 0 amide bonds. The summed E-state index contributed by atoms with van der Waals surface area (Å²) in [5, 5.41) is 3.61. The van der Waals surface area contributed by atoms with Crippen LogP contribution in [0.1, 0.15) is 22.9 Å². The quantitative estimate of drug-likeness (QED) is 0.912. The van der Waals surface area contributed by atoms with Gasteiger partial charge in [0.05, 0.1) is 5.69 Å². The fourth-order valence-electron chi connectivity index (χ4n) is 2.25. The van der Waals surface area contributed by atoms with Gasteiger partial charge in [-0.1, -0.05) is 24.3 Å². The van der Waals surface area contributed by atoms with E-state index in [-0.39, 0.29) is 0 Å². The third-order valence-electron chi connectivity index (χ3n) is 3.33. The zero-order chi connectivity index (χ0) is 12.4. The van der Waals surface area contributed by atoms with Crippen LogP contribution in [0.5, 0.6) is 0 Å². The monoisotopic (exact) mass is 256 g/mol. The van der Waals surface area contributed by atoms with E-state index in [4.69, 9.17) is 0 Å². The minimum Gasteiger partial charge on any atom is -0.303 e. The standard InChI is InChI=1S/C15H16N2S/c1-11-5-4-8-16-13(11)9-17-14-10-18-15-7-3-2-6-12(14)15/h2-8,14,17H,9-10H2,1H3. The maximum absolute atomic E-state index is 4.43. The molecule has 0 saturated carbocycles. The van der Waals surface area contributed by atoms with Crippen molar-refractivity contribution in [3.8, 4) is 0 Å².